The molecule has 0 fully saturated rings. The Kier molecular flexibility index (Phi) is 7.27. The van der Waals surface area contributed by atoms with Gasteiger partial charge in [-0.3, -0.25) is 9.13 Å². The molecule has 0 aliphatic carbocycles. The zero-order chi connectivity index (χ0) is 25.9. The summed E-state index contributed by atoms with van der Waals surface area (Å²) in [5.74, 6) is 0.956. The number of nitrogens with zero attached hydrogens (tertiary/aromatic N) is 3. The number of hydrogen-bond donors (Lipinski definition) is 1. The number of aromatic nitrogens is 3. The Morgan fingerprint density at radius 1 is 1.14 bits per heavy atom. The summed E-state index contributed by atoms with van der Waals surface area (Å²) < 4.78 is 58.2. The predicted molar refractivity (Wildman–Crippen MR) is 126 cm³/mol. The Labute approximate surface area is 204 Å². The number of halogens is 3. The van der Waals surface area contributed by atoms with Crippen molar-refractivity contribution in [2.75, 3.05) is 13.7 Å². The number of imidazole rings is 1. The van der Waals surface area contributed by atoms with Crippen LogP contribution in [0.5, 0.6) is 17.4 Å². The summed E-state index contributed by atoms with van der Waals surface area (Å²) in [5.41, 5.74) is 0.00333. The fraction of sp³-hybridized carbons (Fsp3) is 0.360. The maximum absolute atomic E-state index is 13.2. The molecule has 0 atom stereocenters. The second-order valence-electron chi connectivity index (χ2n) is 8.30. The molecular weight excluding hydrogens is 479 g/mol. The lowest BCUT2D eigenvalue weighted by Gasteiger charge is -2.11. The fourth-order valence-corrected chi connectivity index (χ4v) is 4.02. The summed E-state index contributed by atoms with van der Waals surface area (Å²) >= 11 is 0. The number of fused-ring (bicyclic) bond motifs is 1. The van der Waals surface area contributed by atoms with E-state index in [4.69, 9.17) is 14.0 Å². The third-order valence-corrected chi connectivity index (χ3v) is 5.79. The molecule has 4 rings (SSSR count). The number of benzene rings is 2. The SMILES string of the molecule is CCCc1c(OCCCn2cc(O)n(Cc3ccc(OC)cc3)c2=O)ccc2c(C(F)(F)F)noc12. The van der Waals surface area contributed by atoms with E-state index in [9.17, 15) is 23.1 Å². The van der Waals surface area contributed by atoms with E-state index in [1.807, 2.05) is 19.1 Å². The van der Waals surface area contributed by atoms with Crippen molar-refractivity contribution in [1.82, 2.24) is 14.3 Å². The van der Waals surface area contributed by atoms with Gasteiger partial charge in [0.05, 0.1) is 31.8 Å². The van der Waals surface area contributed by atoms with E-state index in [0.29, 0.717) is 36.3 Å². The normalized spacial score (nSPS) is 11.8. The molecule has 1 N–H and O–H groups in total. The maximum atomic E-state index is 13.2. The van der Waals surface area contributed by atoms with Crippen LogP contribution in [0.15, 0.2) is 51.9 Å². The van der Waals surface area contributed by atoms with Gasteiger partial charge >= 0.3 is 11.9 Å². The van der Waals surface area contributed by atoms with Crippen LogP contribution in [0.2, 0.25) is 0 Å². The van der Waals surface area contributed by atoms with E-state index in [-0.39, 0.29) is 42.2 Å². The van der Waals surface area contributed by atoms with Crippen molar-refractivity contribution in [1.29, 1.82) is 0 Å². The topological polar surface area (TPSA) is 91.7 Å². The Bertz CT molecular complexity index is 1390. The van der Waals surface area contributed by atoms with Crippen LogP contribution in [0.25, 0.3) is 11.0 Å². The third-order valence-electron chi connectivity index (χ3n) is 5.79. The third kappa shape index (κ3) is 5.19. The molecule has 11 heteroatoms. The van der Waals surface area contributed by atoms with Gasteiger partial charge in [-0.1, -0.05) is 30.6 Å². The smallest absolute Gasteiger partial charge is 0.437 e. The first-order valence-corrected chi connectivity index (χ1v) is 11.5. The lowest BCUT2D eigenvalue weighted by molar-refractivity contribution is -0.141. The van der Waals surface area contributed by atoms with Gasteiger partial charge in [0.2, 0.25) is 5.88 Å². The second-order valence-corrected chi connectivity index (χ2v) is 8.30. The van der Waals surface area contributed by atoms with Gasteiger partial charge in [-0.2, -0.15) is 13.2 Å². The molecule has 2 aromatic heterocycles. The molecule has 0 aliphatic rings. The summed E-state index contributed by atoms with van der Waals surface area (Å²) in [6.07, 6.45) is -1.68. The molecule has 0 unspecified atom stereocenters. The summed E-state index contributed by atoms with van der Waals surface area (Å²) in [7, 11) is 1.57. The number of aryl methyl sites for hydroxylation is 2. The Morgan fingerprint density at radius 3 is 2.56 bits per heavy atom. The molecule has 36 heavy (non-hydrogen) atoms. The molecule has 2 aromatic carbocycles. The van der Waals surface area contributed by atoms with Gasteiger partial charge in [0.15, 0.2) is 11.3 Å². The van der Waals surface area contributed by atoms with Gasteiger partial charge in [0, 0.05) is 12.1 Å². The zero-order valence-electron chi connectivity index (χ0n) is 19.8. The molecule has 0 amide bonds. The first-order valence-electron chi connectivity index (χ1n) is 11.5. The Balaban J connectivity index is 1.42. The molecule has 0 radical (unpaired) electrons. The van der Waals surface area contributed by atoms with Gasteiger partial charge in [-0.05, 0) is 42.7 Å². The summed E-state index contributed by atoms with van der Waals surface area (Å²) in [6, 6.07) is 9.96. The van der Waals surface area contributed by atoms with Gasteiger partial charge < -0.3 is 19.1 Å². The highest BCUT2D eigenvalue weighted by molar-refractivity contribution is 5.85. The van der Waals surface area contributed by atoms with Crippen LogP contribution >= 0.6 is 0 Å². The average molecular weight is 505 g/mol. The van der Waals surface area contributed by atoms with Crippen LogP contribution in [0.1, 0.15) is 36.6 Å². The Morgan fingerprint density at radius 2 is 1.89 bits per heavy atom. The standard InChI is InChI=1S/C25H26F3N3O5/c1-3-5-18-20(11-10-19-22(18)36-29-23(19)25(26,27)28)35-13-4-12-30-15-21(32)31(24(30)33)14-16-6-8-17(34-2)9-7-16/h6-11,15,32H,3-5,12-14H2,1-2H3. The molecule has 0 spiro atoms. The molecule has 0 bridgehead atoms. The lowest BCUT2D eigenvalue weighted by atomic mass is 10.0. The van der Waals surface area contributed by atoms with Gasteiger partial charge in [0.25, 0.3) is 0 Å². The number of aromatic hydroxyl groups is 1. The van der Waals surface area contributed by atoms with Crippen LogP contribution < -0.4 is 15.2 Å². The highest BCUT2D eigenvalue weighted by atomic mass is 19.4. The van der Waals surface area contributed by atoms with E-state index >= 15 is 0 Å². The van der Waals surface area contributed by atoms with Crippen molar-refractivity contribution < 1.29 is 32.3 Å². The fourth-order valence-electron chi connectivity index (χ4n) is 4.02. The average Bonchev–Trinajstić information content (AvgIpc) is 3.40. The summed E-state index contributed by atoms with van der Waals surface area (Å²) in [6.45, 7) is 2.60. The van der Waals surface area contributed by atoms with E-state index in [2.05, 4.69) is 5.16 Å². The Hall–Kier alpha value is -3.89. The number of hydrogen-bond acceptors (Lipinski definition) is 6. The maximum Gasteiger partial charge on any atom is 0.437 e. The largest absolute Gasteiger partial charge is 0.497 e. The second kappa shape index (κ2) is 10.4. The molecule has 8 nitrogen and oxygen atoms in total. The van der Waals surface area contributed by atoms with Crippen molar-refractivity contribution >= 4 is 11.0 Å². The number of rotatable bonds is 10. The first-order chi connectivity index (χ1) is 17.2. The molecule has 192 valence electrons. The monoisotopic (exact) mass is 505 g/mol. The molecule has 4 aromatic rings. The summed E-state index contributed by atoms with van der Waals surface area (Å²) in [5, 5.41) is 13.4. The minimum atomic E-state index is -4.61. The van der Waals surface area contributed by atoms with E-state index in [1.54, 1.807) is 19.2 Å². The van der Waals surface area contributed by atoms with Gasteiger partial charge in [-0.25, -0.2) is 4.79 Å². The molecule has 0 saturated heterocycles. The van der Waals surface area contributed by atoms with Crippen LogP contribution in [0.3, 0.4) is 0 Å². The predicted octanol–water partition coefficient (Wildman–Crippen LogP) is 4.99. The number of alkyl halides is 3. The van der Waals surface area contributed by atoms with E-state index in [1.165, 1.54) is 27.5 Å². The molecule has 0 aliphatic heterocycles. The molecule has 0 saturated carbocycles. The van der Waals surface area contributed by atoms with Crippen molar-refractivity contribution in [3.05, 3.63) is 69.9 Å². The van der Waals surface area contributed by atoms with Crippen molar-refractivity contribution in [3.63, 3.8) is 0 Å². The highest BCUT2D eigenvalue weighted by Gasteiger charge is 2.37. The van der Waals surface area contributed by atoms with Crippen molar-refractivity contribution in [3.8, 4) is 17.4 Å². The first kappa shape index (κ1) is 25.2. The quantitative estimate of drug-likeness (QED) is 0.305. The summed E-state index contributed by atoms with van der Waals surface area (Å²) in [4.78, 5) is 12.7. The van der Waals surface area contributed by atoms with Gasteiger partial charge in [0.1, 0.15) is 11.5 Å². The van der Waals surface area contributed by atoms with Crippen LogP contribution in [0.4, 0.5) is 13.2 Å². The van der Waals surface area contributed by atoms with Crippen LogP contribution in [-0.2, 0) is 25.7 Å². The molecular formula is C25H26F3N3O5. The minimum absolute atomic E-state index is 0.0680. The molecule has 2 heterocycles. The van der Waals surface area contributed by atoms with Crippen LogP contribution in [0, 0.1) is 0 Å². The van der Waals surface area contributed by atoms with E-state index in [0.717, 1.165) is 5.56 Å². The highest BCUT2D eigenvalue weighted by Crippen LogP contribution is 2.38. The number of ether oxygens (including phenoxy) is 2. The number of methoxy groups -OCH3 is 1. The van der Waals surface area contributed by atoms with Crippen molar-refractivity contribution in [2.24, 2.45) is 0 Å². The van der Waals surface area contributed by atoms with Crippen LogP contribution in [-0.4, -0.2) is 33.1 Å². The lowest BCUT2D eigenvalue weighted by Crippen LogP contribution is -2.25. The minimum Gasteiger partial charge on any atom is -0.497 e. The van der Waals surface area contributed by atoms with Gasteiger partial charge in [-0.15, -0.1) is 0 Å². The van der Waals surface area contributed by atoms with E-state index < -0.39 is 11.9 Å². The zero-order valence-corrected chi connectivity index (χ0v) is 19.8. The van der Waals surface area contributed by atoms with Crippen molar-refractivity contribution in [2.45, 2.75) is 45.5 Å².